The number of nitrogens with one attached hydrogen (secondary N) is 1. The van der Waals surface area contributed by atoms with Crippen LogP contribution in [-0.4, -0.2) is 35.1 Å². The molecule has 0 radical (unpaired) electrons. The second kappa shape index (κ2) is 10.5. The first-order chi connectivity index (χ1) is 18.2. The molecule has 9 heteroatoms. The summed E-state index contributed by atoms with van der Waals surface area (Å²) < 4.78 is 48.7. The maximum Gasteiger partial charge on any atom is 0.417 e. The zero-order valence-electron chi connectivity index (χ0n) is 20.9. The normalized spacial score (nSPS) is 18.0. The van der Waals surface area contributed by atoms with Gasteiger partial charge < -0.3 is 14.6 Å². The number of pyridine rings is 1. The van der Waals surface area contributed by atoms with E-state index in [1.54, 1.807) is 23.0 Å². The van der Waals surface area contributed by atoms with Crippen LogP contribution in [0.25, 0.3) is 21.7 Å². The van der Waals surface area contributed by atoms with Gasteiger partial charge in [0.25, 0.3) is 5.91 Å². The monoisotopic (exact) mass is 523 g/mol. The van der Waals surface area contributed by atoms with Gasteiger partial charge in [-0.2, -0.15) is 13.2 Å². The molecular formula is C29H28F3N3O3. The number of carbonyl (C=O) groups is 2. The first-order valence-electron chi connectivity index (χ1n) is 12.6. The van der Waals surface area contributed by atoms with Gasteiger partial charge in [-0.1, -0.05) is 30.3 Å². The number of alkyl halides is 3. The van der Waals surface area contributed by atoms with Crippen molar-refractivity contribution in [2.45, 2.75) is 38.4 Å². The largest absolute Gasteiger partial charge is 0.469 e. The fourth-order valence-corrected chi connectivity index (χ4v) is 5.38. The molecule has 5 rings (SSSR count). The van der Waals surface area contributed by atoms with Crippen molar-refractivity contribution in [3.8, 4) is 0 Å². The quantitative estimate of drug-likeness (QED) is 0.316. The molecule has 1 N–H and O–H groups in total. The van der Waals surface area contributed by atoms with Crippen molar-refractivity contribution in [1.29, 1.82) is 0 Å². The summed E-state index contributed by atoms with van der Waals surface area (Å²) in [6.45, 7) is 0.459. The summed E-state index contributed by atoms with van der Waals surface area (Å²) in [4.78, 5) is 29.6. The molecule has 2 aromatic carbocycles. The number of benzene rings is 2. The summed E-state index contributed by atoms with van der Waals surface area (Å²) in [5, 5.41) is 5.24. The van der Waals surface area contributed by atoms with E-state index in [1.807, 2.05) is 30.3 Å². The van der Waals surface area contributed by atoms with Crippen molar-refractivity contribution in [3.63, 3.8) is 0 Å². The van der Waals surface area contributed by atoms with Crippen LogP contribution in [0.5, 0.6) is 0 Å². The summed E-state index contributed by atoms with van der Waals surface area (Å²) in [6, 6.07) is 13.7. The van der Waals surface area contributed by atoms with Crippen molar-refractivity contribution < 1.29 is 27.5 Å². The highest BCUT2D eigenvalue weighted by atomic mass is 19.4. The third-order valence-corrected chi connectivity index (χ3v) is 7.42. The van der Waals surface area contributed by atoms with E-state index in [-0.39, 0.29) is 42.0 Å². The van der Waals surface area contributed by atoms with Crippen LogP contribution in [0.4, 0.5) is 13.2 Å². The van der Waals surface area contributed by atoms with Crippen molar-refractivity contribution in [3.05, 3.63) is 77.7 Å². The lowest BCUT2D eigenvalue weighted by Crippen LogP contribution is -2.34. The van der Waals surface area contributed by atoms with E-state index < -0.39 is 17.6 Å². The number of hydrogen-bond donors (Lipinski definition) is 1. The van der Waals surface area contributed by atoms with E-state index in [2.05, 4.69) is 10.3 Å². The number of carbonyl (C=O) groups excluding carboxylic acids is 2. The molecule has 4 aromatic rings. The third kappa shape index (κ3) is 5.23. The predicted molar refractivity (Wildman–Crippen MR) is 138 cm³/mol. The van der Waals surface area contributed by atoms with Gasteiger partial charge in [0.15, 0.2) is 0 Å². The molecule has 0 atom stereocenters. The molecule has 1 aliphatic rings. The maximum atomic E-state index is 14.1. The summed E-state index contributed by atoms with van der Waals surface area (Å²) in [5.41, 5.74) is -0.457. The number of amides is 1. The minimum absolute atomic E-state index is 0.0852. The molecular weight excluding hydrogens is 495 g/mol. The van der Waals surface area contributed by atoms with Crippen molar-refractivity contribution in [2.24, 2.45) is 11.8 Å². The zero-order chi connectivity index (χ0) is 26.9. The Kier molecular flexibility index (Phi) is 7.10. The Morgan fingerprint density at radius 1 is 1.03 bits per heavy atom. The standard InChI is InChI=1S/C29H28F3N3O3/c1-38-28(37)20-8-6-18(7-9-20)15-34-27(36)25-24(29(30,31)32)11-10-19-12-13-35(26(19)25)17-23-14-21-4-2-3-5-22(21)16-33-23/h2-5,10-14,16,18,20H,6-9,15,17H2,1H3,(H,34,36)/t18-,20-. The summed E-state index contributed by atoms with van der Waals surface area (Å²) in [5.74, 6) is -1.08. The highest BCUT2D eigenvalue weighted by Crippen LogP contribution is 2.36. The number of ether oxygens (including phenoxy) is 1. The molecule has 6 nitrogen and oxygen atoms in total. The van der Waals surface area contributed by atoms with Crippen LogP contribution in [0.1, 0.15) is 47.3 Å². The minimum atomic E-state index is -4.70. The van der Waals surface area contributed by atoms with Crippen molar-refractivity contribution in [2.75, 3.05) is 13.7 Å². The number of aromatic nitrogens is 2. The van der Waals surface area contributed by atoms with E-state index >= 15 is 0 Å². The molecule has 0 aliphatic heterocycles. The fraction of sp³-hybridized carbons (Fsp3) is 0.345. The van der Waals surface area contributed by atoms with Gasteiger partial charge in [0.1, 0.15) is 0 Å². The average Bonchev–Trinajstić information content (AvgIpc) is 3.33. The molecule has 0 unspecified atom stereocenters. The van der Waals surface area contributed by atoms with Crippen LogP contribution in [0, 0.1) is 11.8 Å². The first kappa shape index (κ1) is 25.8. The highest BCUT2D eigenvalue weighted by molar-refractivity contribution is 6.07. The second-order valence-electron chi connectivity index (χ2n) is 9.84. The lowest BCUT2D eigenvalue weighted by Gasteiger charge is -2.27. The number of esters is 1. The molecule has 2 heterocycles. The van der Waals surface area contributed by atoms with Gasteiger partial charge in [0, 0.05) is 29.7 Å². The van der Waals surface area contributed by atoms with E-state index in [4.69, 9.17) is 4.74 Å². The molecule has 0 saturated heterocycles. The fourth-order valence-electron chi connectivity index (χ4n) is 5.38. The Hall–Kier alpha value is -3.88. The Morgan fingerprint density at radius 2 is 1.76 bits per heavy atom. The zero-order valence-corrected chi connectivity index (χ0v) is 20.9. The lowest BCUT2D eigenvalue weighted by molar-refractivity contribution is -0.146. The van der Waals surface area contributed by atoms with E-state index in [9.17, 15) is 22.8 Å². The maximum absolute atomic E-state index is 14.1. The Labute approximate surface area is 217 Å². The van der Waals surface area contributed by atoms with E-state index in [1.165, 1.54) is 13.2 Å². The molecule has 2 aromatic heterocycles. The van der Waals surface area contributed by atoms with Crippen LogP contribution in [0.3, 0.4) is 0 Å². The minimum Gasteiger partial charge on any atom is -0.469 e. The van der Waals surface area contributed by atoms with E-state index in [0.29, 0.717) is 36.8 Å². The molecule has 1 amide bonds. The van der Waals surface area contributed by atoms with E-state index in [0.717, 1.165) is 16.8 Å². The van der Waals surface area contributed by atoms with Gasteiger partial charge in [-0.3, -0.25) is 14.6 Å². The highest BCUT2D eigenvalue weighted by Gasteiger charge is 2.37. The van der Waals surface area contributed by atoms with Gasteiger partial charge in [0.2, 0.25) is 0 Å². The Morgan fingerprint density at radius 3 is 2.47 bits per heavy atom. The number of rotatable bonds is 6. The van der Waals surface area contributed by atoms with Crippen molar-refractivity contribution >= 4 is 33.6 Å². The number of fused-ring (bicyclic) bond motifs is 2. The third-order valence-electron chi connectivity index (χ3n) is 7.42. The lowest BCUT2D eigenvalue weighted by atomic mass is 9.82. The van der Waals surface area contributed by atoms with Crippen LogP contribution < -0.4 is 5.32 Å². The van der Waals surface area contributed by atoms with Gasteiger partial charge in [-0.05, 0) is 55.2 Å². The van der Waals surface area contributed by atoms with Gasteiger partial charge >= 0.3 is 12.1 Å². The van der Waals surface area contributed by atoms with Crippen LogP contribution in [0.15, 0.2) is 60.9 Å². The molecule has 1 fully saturated rings. The Bertz CT molecular complexity index is 1490. The predicted octanol–water partition coefficient (Wildman–Crippen LogP) is 5.97. The van der Waals surface area contributed by atoms with Crippen LogP contribution in [-0.2, 0) is 22.3 Å². The Balaban J connectivity index is 1.42. The SMILES string of the molecule is COC(=O)[C@H]1CC[C@H](CNC(=O)c2c(C(F)(F)F)ccc3ccn(Cc4cc5ccccc5cn4)c23)CC1. The van der Waals surface area contributed by atoms with Gasteiger partial charge in [-0.15, -0.1) is 0 Å². The number of methoxy groups -OCH3 is 1. The number of halogens is 3. The smallest absolute Gasteiger partial charge is 0.417 e. The van der Waals surface area contributed by atoms with Gasteiger partial charge in [0.05, 0.1) is 41.9 Å². The topological polar surface area (TPSA) is 73.2 Å². The average molecular weight is 524 g/mol. The van der Waals surface area contributed by atoms with Crippen molar-refractivity contribution in [1.82, 2.24) is 14.9 Å². The second-order valence-corrected chi connectivity index (χ2v) is 9.84. The molecule has 1 aliphatic carbocycles. The van der Waals surface area contributed by atoms with Crippen LogP contribution >= 0.6 is 0 Å². The first-order valence-corrected chi connectivity index (χ1v) is 12.6. The summed E-state index contributed by atoms with van der Waals surface area (Å²) >= 11 is 0. The molecule has 198 valence electrons. The number of nitrogens with zero attached hydrogens (tertiary/aromatic N) is 2. The molecule has 0 spiro atoms. The molecule has 0 bridgehead atoms. The van der Waals surface area contributed by atoms with Crippen LogP contribution in [0.2, 0.25) is 0 Å². The summed E-state index contributed by atoms with van der Waals surface area (Å²) in [7, 11) is 1.36. The molecule has 1 saturated carbocycles. The molecule has 38 heavy (non-hydrogen) atoms. The van der Waals surface area contributed by atoms with Gasteiger partial charge in [-0.25, -0.2) is 0 Å². The number of hydrogen-bond acceptors (Lipinski definition) is 4. The summed E-state index contributed by atoms with van der Waals surface area (Å²) in [6.07, 6.45) is 1.39.